The van der Waals surface area contributed by atoms with Gasteiger partial charge in [-0.2, -0.15) is 5.10 Å². The number of hydrogen-bond acceptors (Lipinski definition) is 3. The summed E-state index contributed by atoms with van der Waals surface area (Å²) in [5.74, 6) is 0. The fourth-order valence-electron chi connectivity index (χ4n) is 2.34. The summed E-state index contributed by atoms with van der Waals surface area (Å²) < 4.78 is 3.94. The fourth-order valence-corrected chi connectivity index (χ4v) is 2.34. The van der Waals surface area contributed by atoms with Crippen molar-refractivity contribution in [3.63, 3.8) is 0 Å². The van der Waals surface area contributed by atoms with Crippen molar-refractivity contribution in [2.75, 3.05) is 0 Å². The third-order valence-electron chi connectivity index (χ3n) is 3.28. The second-order valence-electron chi connectivity index (χ2n) is 5.13. The van der Waals surface area contributed by atoms with E-state index >= 15 is 0 Å². The molecule has 2 heterocycles. The molecule has 5 heteroatoms. The van der Waals surface area contributed by atoms with E-state index in [9.17, 15) is 5.11 Å². The smallest absolute Gasteiger partial charge is 0.101 e. The predicted molar refractivity (Wildman–Crippen MR) is 73.9 cm³/mol. The lowest BCUT2D eigenvalue weighted by Gasteiger charge is -2.16. The van der Waals surface area contributed by atoms with Crippen molar-refractivity contribution in [1.29, 1.82) is 0 Å². The summed E-state index contributed by atoms with van der Waals surface area (Å²) in [6.07, 6.45) is 3.52. The van der Waals surface area contributed by atoms with E-state index in [-0.39, 0.29) is 0 Å². The maximum atomic E-state index is 10.4. The molecule has 0 bridgehead atoms. The van der Waals surface area contributed by atoms with E-state index in [1.54, 1.807) is 12.5 Å². The van der Waals surface area contributed by atoms with Crippen LogP contribution < -0.4 is 0 Å². The number of imidazole rings is 1. The van der Waals surface area contributed by atoms with Gasteiger partial charge in [0.15, 0.2) is 0 Å². The molecule has 2 rings (SSSR count). The summed E-state index contributed by atoms with van der Waals surface area (Å²) >= 11 is 0. The summed E-state index contributed by atoms with van der Waals surface area (Å²) in [4.78, 5) is 4.13. The van der Waals surface area contributed by atoms with Gasteiger partial charge >= 0.3 is 0 Å². The van der Waals surface area contributed by atoms with Crippen molar-refractivity contribution < 1.29 is 5.11 Å². The largest absolute Gasteiger partial charge is 0.386 e. The molecule has 0 aromatic carbocycles. The van der Waals surface area contributed by atoms with Crippen LogP contribution in [0.5, 0.6) is 0 Å². The SMILES string of the molecule is CCn1nc(C)cc1CC(O)c1cncn1C(C)C. The Bertz CT molecular complexity index is 541. The molecule has 0 saturated carbocycles. The second-order valence-corrected chi connectivity index (χ2v) is 5.13. The number of rotatable bonds is 5. The van der Waals surface area contributed by atoms with Gasteiger partial charge in [0.05, 0.1) is 23.9 Å². The number of nitrogens with zero attached hydrogens (tertiary/aromatic N) is 4. The summed E-state index contributed by atoms with van der Waals surface area (Å²) in [6, 6.07) is 2.33. The Kier molecular flexibility index (Phi) is 4.04. The molecule has 1 N–H and O–H groups in total. The van der Waals surface area contributed by atoms with Crippen LogP contribution in [-0.4, -0.2) is 24.4 Å². The van der Waals surface area contributed by atoms with Gasteiger partial charge in [0.1, 0.15) is 6.10 Å². The maximum Gasteiger partial charge on any atom is 0.101 e. The van der Waals surface area contributed by atoms with E-state index in [0.29, 0.717) is 12.5 Å². The molecule has 1 atom stereocenters. The van der Waals surface area contributed by atoms with Crippen molar-refractivity contribution in [2.24, 2.45) is 0 Å². The molecule has 0 saturated heterocycles. The predicted octanol–water partition coefficient (Wildman–Crippen LogP) is 2.26. The molecule has 104 valence electrons. The third kappa shape index (κ3) is 2.87. The highest BCUT2D eigenvalue weighted by molar-refractivity contribution is 5.14. The van der Waals surface area contributed by atoms with Gasteiger partial charge in [0.2, 0.25) is 0 Å². The average molecular weight is 262 g/mol. The van der Waals surface area contributed by atoms with Crippen LogP contribution in [0.1, 0.15) is 50.0 Å². The number of aromatic nitrogens is 4. The number of aliphatic hydroxyl groups is 1. The number of hydrogen-bond donors (Lipinski definition) is 1. The Morgan fingerprint density at radius 2 is 2.11 bits per heavy atom. The Morgan fingerprint density at radius 1 is 1.37 bits per heavy atom. The Labute approximate surface area is 113 Å². The lowest BCUT2D eigenvalue weighted by atomic mass is 10.1. The molecule has 0 aliphatic heterocycles. The molecule has 1 unspecified atom stereocenters. The second kappa shape index (κ2) is 5.57. The van der Waals surface area contributed by atoms with Gasteiger partial charge in [-0.05, 0) is 33.8 Å². The van der Waals surface area contributed by atoms with Crippen molar-refractivity contribution in [1.82, 2.24) is 19.3 Å². The molecule has 0 aliphatic rings. The van der Waals surface area contributed by atoms with Crippen molar-refractivity contribution in [2.45, 2.75) is 52.8 Å². The number of aliphatic hydroxyl groups excluding tert-OH is 1. The lowest BCUT2D eigenvalue weighted by molar-refractivity contribution is 0.164. The summed E-state index contributed by atoms with van der Waals surface area (Å²) in [5.41, 5.74) is 2.90. The van der Waals surface area contributed by atoms with Gasteiger partial charge in [-0.25, -0.2) is 4.98 Å². The summed E-state index contributed by atoms with van der Waals surface area (Å²) in [7, 11) is 0. The van der Waals surface area contributed by atoms with Crippen LogP contribution in [0.25, 0.3) is 0 Å². The van der Waals surface area contributed by atoms with Crippen LogP contribution in [0.4, 0.5) is 0 Å². The van der Waals surface area contributed by atoms with Crippen molar-refractivity contribution in [3.05, 3.63) is 35.7 Å². The van der Waals surface area contributed by atoms with Crippen LogP contribution in [0, 0.1) is 6.92 Å². The Morgan fingerprint density at radius 3 is 2.74 bits per heavy atom. The zero-order chi connectivity index (χ0) is 14.0. The molecule has 19 heavy (non-hydrogen) atoms. The van der Waals surface area contributed by atoms with Crippen LogP contribution in [-0.2, 0) is 13.0 Å². The maximum absolute atomic E-state index is 10.4. The minimum Gasteiger partial charge on any atom is -0.386 e. The minimum atomic E-state index is -0.550. The van der Waals surface area contributed by atoms with E-state index in [1.807, 2.05) is 22.2 Å². The standard InChI is InChI=1S/C14H22N4O/c1-5-18-12(6-11(4)16-18)7-14(19)13-8-15-9-17(13)10(2)3/h6,8-10,14,19H,5,7H2,1-4H3. The van der Waals surface area contributed by atoms with Gasteiger partial charge in [-0.1, -0.05) is 0 Å². The van der Waals surface area contributed by atoms with E-state index in [0.717, 1.165) is 23.6 Å². The van der Waals surface area contributed by atoms with Gasteiger partial charge in [-0.3, -0.25) is 4.68 Å². The van der Waals surface area contributed by atoms with Gasteiger partial charge < -0.3 is 9.67 Å². The quantitative estimate of drug-likeness (QED) is 0.899. The van der Waals surface area contributed by atoms with E-state index in [2.05, 4.69) is 30.9 Å². The topological polar surface area (TPSA) is 55.9 Å². The lowest BCUT2D eigenvalue weighted by Crippen LogP contribution is -2.13. The highest BCUT2D eigenvalue weighted by Gasteiger charge is 2.17. The minimum absolute atomic E-state index is 0.296. The Balaban J connectivity index is 2.20. The zero-order valence-electron chi connectivity index (χ0n) is 12.0. The molecular formula is C14H22N4O. The summed E-state index contributed by atoms with van der Waals surface area (Å²) in [5, 5.41) is 14.8. The van der Waals surface area contributed by atoms with Gasteiger partial charge in [0, 0.05) is 24.7 Å². The molecule has 5 nitrogen and oxygen atoms in total. The molecule has 2 aromatic rings. The van der Waals surface area contributed by atoms with E-state index in [1.165, 1.54) is 0 Å². The third-order valence-corrected chi connectivity index (χ3v) is 3.28. The average Bonchev–Trinajstić information content (AvgIpc) is 2.95. The number of aryl methyl sites for hydroxylation is 2. The Hall–Kier alpha value is -1.62. The molecule has 0 radical (unpaired) electrons. The normalized spacial score (nSPS) is 13.2. The monoisotopic (exact) mass is 262 g/mol. The van der Waals surface area contributed by atoms with Crippen molar-refractivity contribution in [3.8, 4) is 0 Å². The molecule has 0 aliphatic carbocycles. The van der Waals surface area contributed by atoms with Crippen LogP contribution in [0.3, 0.4) is 0 Å². The molecule has 0 spiro atoms. The first-order chi connectivity index (χ1) is 9.02. The van der Waals surface area contributed by atoms with Crippen LogP contribution >= 0.6 is 0 Å². The van der Waals surface area contributed by atoms with Crippen LogP contribution in [0.2, 0.25) is 0 Å². The molecule has 2 aromatic heterocycles. The van der Waals surface area contributed by atoms with Gasteiger partial charge in [-0.15, -0.1) is 0 Å². The highest BCUT2D eigenvalue weighted by atomic mass is 16.3. The van der Waals surface area contributed by atoms with E-state index < -0.39 is 6.10 Å². The molecule has 0 fully saturated rings. The first-order valence-corrected chi connectivity index (χ1v) is 6.76. The fraction of sp³-hybridized carbons (Fsp3) is 0.571. The van der Waals surface area contributed by atoms with Crippen LogP contribution in [0.15, 0.2) is 18.6 Å². The first kappa shape index (κ1) is 13.8. The van der Waals surface area contributed by atoms with E-state index in [4.69, 9.17) is 0 Å². The molecule has 0 amide bonds. The highest BCUT2D eigenvalue weighted by Crippen LogP contribution is 2.21. The van der Waals surface area contributed by atoms with Gasteiger partial charge in [0.25, 0.3) is 0 Å². The summed E-state index contributed by atoms with van der Waals surface area (Å²) in [6.45, 7) is 9.01. The zero-order valence-corrected chi connectivity index (χ0v) is 12.0. The molecular weight excluding hydrogens is 240 g/mol. The van der Waals surface area contributed by atoms with Crippen molar-refractivity contribution >= 4 is 0 Å². The first-order valence-electron chi connectivity index (χ1n) is 6.76.